The van der Waals surface area contributed by atoms with Gasteiger partial charge in [0.1, 0.15) is 0 Å². The van der Waals surface area contributed by atoms with Crippen molar-refractivity contribution in [2.75, 3.05) is 13.1 Å². The van der Waals surface area contributed by atoms with Crippen LogP contribution in [0.2, 0.25) is 0 Å². The van der Waals surface area contributed by atoms with Crippen LogP contribution < -0.4 is 5.32 Å². The highest BCUT2D eigenvalue weighted by Crippen LogP contribution is 2.32. The minimum absolute atomic E-state index is 0.197. The fourth-order valence-corrected chi connectivity index (χ4v) is 2.36. The van der Waals surface area contributed by atoms with Crippen molar-refractivity contribution in [3.05, 3.63) is 0 Å². The summed E-state index contributed by atoms with van der Waals surface area (Å²) in [6, 6.07) is 0.646. The van der Waals surface area contributed by atoms with E-state index in [4.69, 9.17) is 0 Å². The first-order chi connectivity index (χ1) is 6.11. The van der Waals surface area contributed by atoms with Gasteiger partial charge in [-0.15, -0.1) is 0 Å². The number of rotatable bonds is 1. The second-order valence-corrected chi connectivity index (χ2v) is 4.63. The maximum absolute atomic E-state index is 10.9. The van der Waals surface area contributed by atoms with Crippen LogP contribution in [0, 0.1) is 0 Å². The Balaban J connectivity index is 1.86. The lowest BCUT2D eigenvalue weighted by Crippen LogP contribution is -2.65. The van der Waals surface area contributed by atoms with Crippen LogP contribution >= 0.6 is 0 Å². The molecule has 2 heterocycles. The first kappa shape index (κ1) is 9.00. The van der Waals surface area contributed by atoms with E-state index < -0.39 is 0 Å². The van der Waals surface area contributed by atoms with Gasteiger partial charge in [-0.05, 0) is 26.7 Å². The van der Waals surface area contributed by atoms with Crippen molar-refractivity contribution >= 4 is 5.91 Å². The quantitative estimate of drug-likeness (QED) is 0.607. The predicted molar refractivity (Wildman–Crippen MR) is 51.4 cm³/mol. The molecule has 0 aromatic heterocycles. The fraction of sp³-hybridized carbons (Fsp3) is 0.900. The van der Waals surface area contributed by atoms with E-state index in [9.17, 15) is 4.79 Å². The van der Waals surface area contributed by atoms with Gasteiger partial charge in [0, 0.05) is 25.6 Å². The van der Waals surface area contributed by atoms with Gasteiger partial charge in [-0.25, -0.2) is 0 Å². The first-order valence-corrected chi connectivity index (χ1v) is 5.16. The lowest BCUT2D eigenvalue weighted by Gasteiger charge is -2.48. The molecule has 3 nitrogen and oxygen atoms in total. The number of hydrogen-bond donors (Lipinski definition) is 1. The molecule has 1 spiro atoms. The van der Waals surface area contributed by atoms with Gasteiger partial charge in [0.25, 0.3) is 0 Å². The highest BCUT2D eigenvalue weighted by molar-refractivity contribution is 5.84. The molecule has 2 aliphatic rings. The third-order valence-electron chi connectivity index (χ3n) is 3.39. The Hall–Kier alpha value is -0.570. The molecule has 2 fully saturated rings. The van der Waals surface area contributed by atoms with Crippen molar-refractivity contribution in [2.45, 2.75) is 44.7 Å². The monoisotopic (exact) mass is 182 g/mol. The highest BCUT2D eigenvalue weighted by Gasteiger charge is 2.44. The van der Waals surface area contributed by atoms with E-state index in [-0.39, 0.29) is 11.4 Å². The molecule has 0 aliphatic carbocycles. The molecule has 0 unspecified atom stereocenters. The Bertz CT molecular complexity index is 207. The average molecular weight is 182 g/mol. The highest BCUT2D eigenvalue weighted by atomic mass is 16.2. The molecular formula is C10H18N2O. The van der Waals surface area contributed by atoms with Gasteiger partial charge in [-0.1, -0.05) is 0 Å². The van der Waals surface area contributed by atoms with Crippen molar-refractivity contribution in [2.24, 2.45) is 0 Å². The van der Waals surface area contributed by atoms with Crippen molar-refractivity contribution < 1.29 is 4.79 Å². The van der Waals surface area contributed by atoms with Crippen molar-refractivity contribution in [1.82, 2.24) is 10.2 Å². The number of carbonyl (C=O) groups is 1. The molecular weight excluding hydrogens is 164 g/mol. The largest absolute Gasteiger partial charge is 0.350 e. The van der Waals surface area contributed by atoms with Gasteiger partial charge in [0.15, 0.2) is 0 Å². The molecule has 0 saturated carbocycles. The van der Waals surface area contributed by atoms with Gasteiger partial charge < -0.3 is 10.2 Å². The lowest BCUT2D eigenvalue weighted by molar-refractivity contribution is -0.135. The lowest BCUT2D eigenvalue weighted by atomic mass is 9.78. The van der Waals surface area contributed by atoms with Crippen LogP contribution in [0.5, 0.6) is 0 Å². The van der Waals surface area contributed by atoms with Crippen LogP contribution in [0.15, 0.2) is 0 Å². The maximum atomic E-state index is 10.9. The Kier molecular flexibility index (Phi) is 2.06. The Labute approximate surface area is 79.5 Å². The smallest absolute Gasteiger partial charge is 0.222 e. The van der Waals surface area contributed by atoms with E-state index >= 15 is 0 Å². The summed E-state index contributed by atoms with van der Waals surface area (Å²) in [7, 11) is 0. The normalized spacial score (nSPS) is 27.5. The van der Waals surface area contributed by atoms with Crippen molar-refractivity contribution in [3.63, 3.8) is 0 Å². The Morgan fingerprint density at radius 1 is 1.38 bits per heavy atom. The van der Waals surface area contributed by atoms with E-state index in [0.717, 1.165) is 32.4 Å². The molecule has 3 heteroatoms. The number of hydrogen-bond acceptors (Lipinski definition) is 2. The summed E-state index contributed by atoms with van der Waals surface area (Å²) in [6.07, 6.45) is 3.03. The number of nitrogens with one attached hydrogen (secondary N) is 1. The van der Waals surface area contributed by atoms with E-state index in [0.29, 0.717) is 6.04 Å². The number of carbonyl (C=O) groups excluding carboxylic acids is 1. The Morgan fingerprint density at radius 3 is 2.31 bits per heavy atom. The van der Waals surface area contributed by atoms with Crippen molar-refractivity contribution in [3.8, 4) is 0 Å². The zero-order chi connectivity index (χ0) is 9.47. The van der Waals surface area contributed by atoms with Crippen molar-refractivity contribution in [1.29, 1.82) is 0 Å². The van der Waals surface area contributed by atoms with Gasteiger partial charge in [-0.3, -0.25) is 4.79 Å². The molecule has 0 aromatic rings. The first-order valence-electron chi connectivity index (χ1n) is 5.16. The SMILES string of the molecule is CC(C)N1CCC2(CC1)CC(=O)N2. The minimum atomic E-state index is 0.197. The van der Waals surface area contributed by atoms with E-state index in [2.05, 4.69) is 24.1 Å². The number of nitrogens with zero attached hydrogens (tertiary/aromatic N) is 1. The molecule has 2 rings (SSSR count). The summed E-state index contributed by atoms with van der Waals surface area (Å²) < 4.78 is 0. The van der Waals surface area contributed by atoms with Crippen LogP contribution in [0.1, 0.15) is 33.1 Å². The van der Waals surface area contributed by atoms with Gasteiger partial charge in [0.2, 0.25) is 5.91 Å². The summed E-state index contributed by atoms with van der Waals surface area (Å²) in [6.45, 7) is 6.74. The molecule has 2 aliphatic heterocycles. The average Bonchev–Trinajstić information content (AvgIpc) is 2.03. The molecule has 13 heavy (non-hydrogen) atoms. The topological polar surface area (TPSA) is 32.3 Å². The van der Waals surface area contributed by atoms with Gasteiger partial charge in [-0.2, -0.15) is 0 Å². The third kappa shape index (κ3) is 1.57. The molecule has 1 amide bonds. The van der Waals surface area contributed by atoms with Crippen LogP contribution in [-0.4, -0.2) is 35.5 Å². The summed E-state index contributed by atoms with van der Waals surface area (Å²) >= 11 is 0. The van der Waals surface area contributed by atoms with Crippen LogP contribution in [-0.2, 0) is 4.79 Å². The number of piperidine rings is 1. The summed E-state index contributed by atoms with van der Waals surface area (Å²) in [5.41, 5.74) is 0.197. The minimum Gasteiger partial charge on any atom is -0.350 e. The summed E-state index contributed by atoms with van der Waals surface area (Å²) in [5.74, 6) is 0.234. The Morgan fingerprint density at radius 2 is 1.92 bits per heavy atom. The fourth-order valence-electron chi connectivity index (χ4n) is 2.36. The zero-order valence-corrected chi connectivity index (χ0v) is 8.47. The predicted octanol–water partition coefficient (Wildman–Crippen LogP) is 0.749. The summed E-state index contributed by atoms with van der Waals surface area (Å²) in [5, 5.41) is 3.05. The molecule has 0 atom stereocenters. The van der Waals surface area contributed by atoms with E-state index in [1.165, 1.54) is 0 Å². The summed E-state index contributed by atoms with van der Waals surface area (Å²) in [4.78, 5) is 13.3. The maximum Gasteiger partial charge on any atom is 0.222 e. The molecule has 2 saturated heterocycles. The molecule has 1 N–H and O–H groups in total. The van der Waals surface area contributed by atoms with E-state index in [1.807, 2.05) is 0 Å². The number of amides is 1. The number of β-lactam (4-membered cyclic amide) rings is 1. The molecule has 74 valence electrons. The van der Waals surface area contributed by atoms with Crippen LogP contribution in [0.3, 0.4) is 0 Å². The zero-order valence-electron chi connectivity index (χ0n) is 8.47. The standard InChI is InChI=1S/C10H18N2O/c1-8(2)12-5-3-10(4-6-12)7-9(13)11-10/h8H,3-7H2,1-2H3,(H,11,13). The third-order valence-corrected chi connectivity index (χ3v) is 3.39. The van der Waals surface area contributed by atoms with Gasteiger partial charge >= 0.3 is 0 Å². The van der Waals surface area contributed by atoms with E-state index in [1.54, 1.807) is 0 Å². The number of likely N-dealkylation sites (tertiary alicyclic amines) is 1. The molecule has 0 aromatic carbocycles. The van der Waals surface area contributed by atoms with Crippen LogP contribution in [0.4, 0.5) is 0 Å². The molecule has 0 radical (unpaired) electrons. The second-order valence-electron chi connectivity index (χ2n) is 4.63. The van der Waals surface area contributed by atoms with Gasteiger partial charge in [0.05, 0.1) is 5.54 Å². The molecule has 0 bridgehead atoms. The second kappa shape index (κ2) is 2.98. The van der Waals surface area contributed by atoms with Crippen LogP contribution in [0.25, 0.3) is 0 Å².